The second kappa shape index (κ2) is 59.6. The molecule has 0 N–H and O–H groups in total. The molecule has 0 saturated carbocycles. The number of hydrogen-bond acceptors (Lipinski definition) is 6. The summed E-state index contributed by atoms with van der Waals surface area (Å²) in [7, 11) is 0. The summed E-state index contributed by atoms with van der Waals surface area (Å²) in [6.45, 7) is 0. The minimum absolute atomic E-state index is 0. The first-order valence-corrected chi connectivity index (χ1v) is 13.2. The van der Waals surface area contributed by atoms with Crippen LogP contribution in [-0.2, 0) is 176 Å². The topological polar surface area (TPSA) is 0 Å². The van der Waals surface area contributed by atoms with Gasteiger partial charge in [0.1, 0.15) is 0 Å². The van der Waals surface area contributed by atoms with Gasteiger partial charge in [-0.05, 0) is 0 Å². The van der Waals surface area contributed by atoms with Crippen molar-refractivity contribution in [1.82, 2.24) is 0 Å². The smallest absolute Gasteiger partial charge is 0 e. The molecule has 0 radical (unpaired) electrons. The normalized spacial score (nSPS) is 6.95. The summed E-state index contributed by atoms with van der Waals surface area (Å²) in [6, 6.07) is 60.0. The van der Waals surface area contributed by atoms with Gasteiger partial charge < -0.3 is 86.7 Å². The van der Waals surface area contributed by atoms with E-state index >= 15 is 0 Å². The molecule has 0 aliphatic carbocycles. The van der Waals surface area contributed by atoms with E-state index in [1.54, 1.807) is 0 Å². The molecule has 0 unspecified atom stereocenters. The maximum Gasteiger partial charge on any atom is 0 e. The largest absolute Gasteiger partial charge is 0.818 e. The van der Waals surface area contributed by atoms with E-state index in [4.69, 9.17) is 0 Å². The SMILES string of the molecule is [Ni].[Ni].[Ni].[Ni].[Ni].[Ni].[S-]C([S-])C([S-])[S-].[SH-].[SH-].c1cc[cH-]c1.c1cc[cH-]c1.c1cc[cH-]c1.c1cc[cH-]c1.c1cc[cH-]c1.c1cc[cH-]c1. The predicted octanol–water partition coefficient (Wildman–Crippen LogP) is 7.70. The molecule has 0 bridgehead atoms. The fourth-order valence-corrected chi connectivity index (χ4v) is 1.92. The average molecular weight is 963 g/mol. The Morgan fingerprint density at radius 3 is 0.364 bits per heavy atom. The van der Waals surface area contributed by atoms with Crippen molar-refractivity contribution in [3.63, 3.8) is 0 Å². The van der Waals surface area contributed by atoms with Crippen LogP contribution in [0.5, 0.6) is 0 Å². The van der Waals surface area contributed by atoms with Gasteiger partial charge in [-0.2, -0.15) is 109 Å². The molecule has 0 aliphatic heterocycles. The van der Waals surface area contributed by atoms with E-state index in [1.165, 1.54) is 0 Å². The third kappa shape index (κ3) is 62.1. The van der Waals surface area contributed by atoms with Gasteiger partial charge in [0.05, 0.1) is 0 Å². The average Bonchev–Trinajstić information content (AvgIpc) is 3.82. The van der Waals surface area contributed by atoms with Crippen LogP contribution in [0.3, 0.4) is 0 Å². The summed E-state index contributed by atoms with van der Waals surface area (Å²) >= 11 is 18.0. The Morgan fingerprint density at radius 2 is 0.341 bits per heavy atom. The van der Waals surface area contributed by atoms with Gasteiger partial charge in [0.2, 0.25) is 0 Å². The van der Waals surface area contributed by atoms with E-state index < -0.39 is 0 Å². The standard InChI is InChI=1S/6C5H5.C2H6S4.6Ni.2H2S/c6*1-2-4-5-3-1;3-1(4)2(5)6;;;;;;;;/h6*1-5H;1-6H;;;;;;;2*1H2/q6*-1;;;;;;;;;/p-6. The van der Waals surface area contributed by atoms with Crippen LogP contribution >= 0.6 is 0 Å². The van der Waals surface area contributed by atoms with Gasteiger partial charge in [0.15, 0.2) is 0 Å². The Labute approximate surface area is 363 Å². The van der Waals surface area contributed by atoms with Crippen molar-refractivity contribution in [3.8, 4) is 0 Å². The summed E-state index contributed by atoms with van der Waals surface area (Å²) in [5.41, 5.74) is 0. The van der Waals surface area contributed by atoms with E-state index in [0.717, 1.165) is 0 Å². The van der Waals surface area contributed by atoms with Gasteiger partial charge in [-0.25, -0.2) is 72.8 Å². The van der Waals surface area contributed by atoms with Crippen molar-refractivity contribution >= 4 is 77.5 Å². The Morgan fingerprint density at radius 1 is 0.250 bits per heavy atom. The van der Waals surface area contributed by atoms with Crippen LogP contribution in [0.25, 0.3) is 0 Å². The molecule has 0 saturated heterocycles. The Hall–Kier alpha value is 1.16. The molecule has 12 heteroatoms. The van der Waals surface area contributed by atoms with E-state index in [-0.39, 0.29) is 135 Å². The van der Waals surface area contributed by atoms with Crippen molar-refractivity contribution in [2.75, 3.05) is 0 Å². The van der Waals surface area contributed by atoms with Crippen molar-refractivity contribution in [2.24, 2.45) is 0 Å². The molecule has 0 heterocycles. The molecule has 0 fully saturated rings. The van der Waals surface area contributed by atoms with Crippen LogP contribution in [0.2, 0.25) is 0 Å². The van der Waals surface area contributed by atoms with Gasteiger partial charge in [-0.1, -0.05) is 0 Å². The fraction of sp³-hybridized carbons (Fsp3) is 0.0625. The van der Waals surface area contributed by atoms with E-state index in [0.29, 0.717) is 0 Å². The van der Waals surface area contributed by atoms with E-state index in [1.807, 2.05) is 182 Å². The molecular formula is C32H34Ni6S6-12. The Kier molecular flexibility index (Phi) is 91.2. The van der Waals surface area contributed by atoms with Gasteiger partial charge in [-0.3, -0.25) is 0 Å². The minimum Gasteiger partial charge on any atom is -0.818 e. The molecule has 6 aromatic rings. The molecule has 0 atom stereocenters. The van der Waals surface area contributed by atoms with Gasteiger partial charge in [-0.15, -0.1) is 0 Å². The zero-order chi connectivity index (χ0) is 26.4. The molecule has 0 aliphatic rings. The molecule has 0 aromatic heterocycles. The van der Waals surface area contributed by atoms with Crippen molar-refractivity contribution in [1.29, 1.82) is 0 Å². The van der Waals surface area contributed by atoms with Crippen molar-refractivity contribution in [2.45, 2.75) is 9.16 Å². The van der Waals surface area contributed by atoms with Crippen LogP contribution in [0.1, 0.15) is 0 Å². The van der Waals surface area contributed by atoms with Crippen molar-refractivity contribution in [3.05, 3.63) is 182 Å². The Bertz CT molecular complexity index is 675. The first kappa shape index (κ1) is 67.4. The molecule has 0 spiro atoms. The molecular weight excluding hydrogens is 929 g/mol. The van der Waals surface area contributed by atoms with Crippen LogP contribution in [0.4, 0.5) is 0 Å². The van der Waals surface area contributed by atoms with Crippen LogP contribution in [0, 0.1) is 0 Å². The first-order chi connectivity index (χ1) is 17.6. The van der Waals surface area contributed by atoms with Crippen LogP contribution in [0.15, 0.2) is 182 Å². The monoisotopic (exact) mass is 958 g/mol. The Balaban J connectivity index is -0.0000000450. The second-order valence-corrected chi connectivity index (χ2v) is 9.14. The summed E-state index contributed by atoms with van der Waals surface area (Å²) in [5, 5.41) is 0. The molecule has 6 aromatic carbocycles. The summed E-state index contributed by atoms with van der Waals surface area (Å²) in [5.74, 6) is 0. The number of thiol groups is 2. The molecule has 0 nitrogen and oxygen atoms in total. The molecule has 270 valence electrons. The van der Waals surface area contributed by atoms with Gasteiger partial charge in [0, 0.05) is 98.9 Å². The zero-order valence-electron chi connectivity index (χ0n) is 22.9. The van der Waals surface area contributed by atoms with E-state index in [2.05, 4.69) is 50.5 Å². The molecule has 0 amide bonds. The van der Waals surface area contributed by atoms with Crippen LogP contribution < -0.4 is 0 Å². The van der Waals surface area contributed by atoms with Crippen molar-refractivity contribution < 1.29 is 98.9 Å². The first-order valence-electron chi connectivity index (χ1n) is 11.3. The summed E-state index contributed by atoms with van der Waals surface area (Å²) in [4.78, 5) is 0. The molecule has 44 heavy (non-hydrogen) atoms. The van der Waals surface area contributed by atoms with Crippen LogP contribution in [-0.4, -0.2) is 9.16 Å². The van der Waals surface area contributed by atoms with E-state index in [9.17, 15) is 0 Å². The minimum atomic E-state index is -0.352. The van der Waals surface area contributed by atoms with Gasteiger partial charge in [0.25, 0.3) is 0 Å². The zero-order valence-corrected chi connectivity index (χ0v) is 33.9. The summed E-state index contributed by atoms with van der Waals surface area (Å²) < 4.78 is -0.704. The third-order valence-corrected chi connectivity index (χ3v) is 5.33. The maximum atomic E-state index is 4.51. The number of rotatable bonds is 1. The summed E-state index contributed by atoms with van der Waals surface area (Å²) in [6.07, 6.45) is 0. The predicted molar refractivity (Wildman–Crippen MR) is 187 cm³/mol. The second-order valence-electron chi connectivity index (χ2n) is 6.51. The number of hydrogen-bond donors (Lipinski definition) is 0. The van der Waals surface area contributed by atoms with Gasteiger partial charge >= 0.3 is 0 Å². The third-order valence-electron chi connectivity index (χ3n) is 3.56. The maximum absolute atomic E-state index is 4.51. The quantitative estimate of drug-likeness (QED) is 0.0713. The molecule has 6 rings (SSSR count). The fourth-order valence-electron chi connectivity index (χ4n) is 1.92.